The zero-order chi connectivity index (χ0) is 11.8. The van der Waals surface area contributed by atoms with Gasteiger partial charge >= 0.3 is 0 Å². The molecule has 0 saturated heterocycles. The van der Waals surface area contributed by atoms with E-state index in [9.17, 15) is 0 Å². The third-order valence-electron chi connectivity index (χ3n) is 3.74. The van der Waals surface area contributed by atoms with Crippen LogP contribution in [0.1, 0.15) is 38.3 Å². The van der Waals surface area contributed by atoms with Gasteiger partial charge < -0.3 is 14.8 Å². The van der Waals surface area contributed by atoms with Crippen LogP contribution in [0.25, 0.3) is 0 Å². The highest BCUT2D eigenvalue weighted by Gasteiger charge is 2.28. The minimum atomic E-state index is 0.346. The summed E-state index contributed by atoms with van der Waals surface area (Å²) in [4.78, 5) is 0. The maximum atomic E-state index is 5.40. The van der Waals surface area contributed by atoms with Gasteiger partial charge in [-0.25, -0.2) is 0 Å². The third-order valence-corrected chi connectivity index (χ3v) is 3.74. The Bertz CT molecular complexity index is 415. The van der Waals surface area contributed by atoms with Crippen LogP contribution in [0.3, 0.4) is 0 Å². The number of fused-ring (bicyclic) bond motifs is 1. The molecule has 1 heterocycles. The molecule has 1 aromatic carbocycles. The topological polar surface area (TPSA) is 30.5 Å². The van der Waals surface area contributed by atoms with Crippen LogP contribution in [0.4, 0.5) is 0 Å². The Balaban J connectivity index is 1.70. The van der Waals surface area contributed by atoms with Gasteiger partial charge in [0.25, 0.3) is 0 Å². The number of ether oxygens (including phenoxy) is 2. The first-order valence-electron chi connectivity index (χ1n) is 6.39. The first kappa shape index (κ1) is 10.9. The zero-order valence-corrected chi connectivity index (χ0v) is 10.4. The maximum Gasteiger partial charge on any atom is 0.231 e. The Labute approximate surface area is 102 Å². The van der Waals surface area contributed by atoms with Gasteiger partial charge in [-0.05, 0) is 50.3 Å². The van der Waals surface area contributed by atoms with Gasteiger partial charge in [-0.3, -0.25) is 0 Å². The van der Waals surface area contributed by atoms with Crippen molar-refractivity contribution in [3.05, 3.63) is 23.8 Å². The first-order chi connectivity index (χ1) is 8.24. The molecule has 2 atom stereocenters. The molecule has 0 spiro atoms. The minimum Gasteiger partial charge on any atom is -0.454 e. The van der Waals surface area contributed by atoms with Crippen molar-refractivity contribution in [1.82, 2.24) is 5.32 Å². The highest BCUT2D eigenvalue weighted by Crippen LogP contribution is 2.36. The van der Waals surface area contributed by atoms with Gasteiger partial charge in [0, 0.05) is 12.1 Å². The summed E-state index contributed by atoms with van der Waals surface area (Å²) in [5, 5.41) is 3.65. The van der Waals surface area contributed by atoms with Crippen LogP contribution in [0.15, 0.2) is 18.2 Å². The van der Waals surface area contributed by atoms with Crippen LogP contribution >= 0.6 is 0 Å². The van der Waals surface area contributed by atoms with Crippen molar-refractivity contribution in [2.75, 3.05) is 6.79 Å². The molecule has 1 aliphatic heterocycles. The van der Waals surface area contributed by atoms with E-state index in [2.05, 4.69) is 31.3 Å². The summed E-state index contributed by atoms with van der Waals surface area (Å²) in [7, 11) is 0. The molecule has 3 rings (SSSR count). The molecule has 1 aromatic rings. The molecule has 0 aromatic heterocycles. The lowest BCUT2D eigenvalue weighted by atomic mass is 10.1. The summed E-state index contributed by atoms with van der Waals surface area (Å²) in [6, 6.07) is 7.16. The molecular weight excluding hydrogens is 214 g/mol. The molecule has 3 heteroatoms. The normalized spacial score (nSPS) is 21.3. The fourth-order valence-electron chi connectivity index (χ4n) is 2.41. The van der Waals surface area contributed by atoms with Crippen LogP contribution in [-0.4, -0.2) is 12.8 Å². The summed E-state index contributed by atoms with van der Waals surface area (Å²) >= 11 is 0. The highest BCUT2D eigenvalue weighted by atomic mass is 16.7. The van der Waals surface area contributed by atoms with Crippen LogP contribution in [0.2, 0.25) is 0 Å². The second-order valence-corrected chi connectivity index (χ2v) is 5.13. The van der Waals surface area contributed by atoms with Gasteiger partial charge in [0.2, 0.25) is 6.79 Å². The van der Waals surface area contributed by atoms with Gasteiger partial charge in [0.15, 0.2) is 11.5 Å². The Morgan fingerprint density at radius 1 is 1.18 bits per heavy atom. The lowest BCUT2D eigenvalue weighted by Gasteiger charge is -2.20. The van der Waals surface area contributed by atoms with Gasteiger partial charge in [0.1, 0.15) is 0 Å². The van der Waals surface area contributed by atoms with E-state index in [0.717, 1.165) is 17.4 Å². The number of benzene rings is 1. The fraction of sp³-hybridized carbons (Fsp3) is 0.571. The predicted octanol–water partition coefficient (Wildman–Crippen LogP) is 2.86. The molecule has 1 saturated carbocycles. The molecule has 0 amide bonds. The third kappa shape index (κ3) is 2.25. The standard InChI is InChI=1S/C14H19NO2/c1-9(11-3-4-11)15-10(2)12-5-6-13-14(7-12)17-8-16-13/h5-7,9-11,15H,3-4,8H2,1-2H3. The molecule has 1 aliphatic carbocycles. The van der Waals surface area contributed by atoms with Crippen LogP contribution < -0.4 is 14.8 Å². The predicted molar refractivity (Wildman–Crippen MR) is 66.3 cm³/mol. The summed E-state index contributed by atoms with van der Waals surface area (Å²) < 4.78 is 10.7. The minimum absolute atomic E-state index is 0.346. The molecule has 17 heavy (non-hydrogen) atoms. The largest absolute Gasteiger partial charge is 0.454 e. The van der Waals surface area contributed by atoms with Crippen molar-refractivity contribution in [3.8, 4) is 11.5 Å². The molecule has 1 N–H and O–H groups in total. The van der Waals surface area contributed by atoms with Crippen molar-refractivity contribution in [2.24, 2.45) is 5.92 Å². The molecule has 2 unspecified atom stereocenters. The zero-order valence-electron chi connectivity index (χ0n) is 10.4. The number of hydrogen-bond acceptors (Lipinski definition) is 3. The summed E-state index contributed by atoms with van der Waals surface area (Å²) in [6.45, 7) is 4.83. The van der Waals surface area contributed by atoms with Gasteiger partial charge in [0.05, 0.1) is 0 Å². The van der Waals surface area contributed by atoms with Crippen LogP contribution in [0, 0.1) is 5.92 Å². The number of nitrogens with one attached hydrogen (secondary N) is 1. The number of rotatable bonds is 4. The molecular formula is C14H19NO2. The van der Waals surface area contributed by atoms with Crippen molar-refractivity contribution in [2.45, 2.75) is 38.8 Å². The lowest BCUT2D eigenvalue weighted by molar-refractivity contribution is 0.174. The van der Waals surface area contributed by atoms with Crippen molar-refractivity contribution >= 4 is 0 Å². The van der Waals surface area contributed by atoms with E-state index in [-0.39, 0.29) is 0 Å². The van der Waals surface area contributed by atoms with Gasteiger partial charge in [-0.2, -0.15) is 0 Å². The molecule has 3 nitrogen and oxygen atoms in total. The Morgan fingerprint density at radius 2 is 1.94 bits per heavy atom. The first-order valence-corrected chi connectivity index (χ1v) is 6.39. The van der Waals surface area contributed by atoms with Crippen molar-refractivity contribution in [1.29, 1.82) is 0 Å². The molecule has 1 fully saturated rings. The van der Waals surface area contributed by atoms with Gasteiger partial charge in [-0.1, -0.05) is 6.07 Å². The Kier molecular flexibility index (Phi) is 2.71. The number of hydrogen-bond donors (Lipinski definition) is 1. The van der Waals surface area contributed by atoms with Crippen LogP contribution in [0.5, 0.6) is 11.5 Å². The van der Waals surface area contributed by atoms with E-state index in [1.165, 1.54) is 18.4 Å². The maximum absolute atomic E-state index is 5.40. The van der Waals surface area contributed by atoms with E-state index in [1.54, 1.807) is 0 Å². The summed E-state index contributed by atoms with van der Waals surface area (Å²) in [5.41, 5.74) is 1.27. The monoisotopic (exact) mass is 233 g/mol. The lowest BCUT2D eigenvalue weighted by Crippen LogP contribution is -2.30. The molecule has 0 bridgehead atoms. The molecule has 2 aliphatic rings. The SMILES string of the molecule is CC(NC(C)C1CC1)c1ccc2c(c1)OCO2. The highest BCUT2D eigenvalue weighted by molar-refractivity contribution is 5.45. The van der Waals surface area contributed by atoms with Gasteiger partial charge in [-0.15, -0.1) is 0 Å². The van der Waals surface area contributed by atoms with E-state index < -0.39 is 0 Å². The second kappa shape index (κ2) is 4.22. The quantitative estimate of drug-likeness (QED) is 0.867. The van der Waals surface area contributed by atoms with E-state index in [4.69, 9.17) is 9.47 Å². The van der Waals surface area contributed by atoms with Crippen molar-refractivity contribution in [3.63, 3.8) is 0 Å². The average Bonchev–Trinajstić information content (AvgIpc) is 3.07. The van der Waals surface area contributed by atoms with Crippen LogP contribution in [-0.2, 0) is 0 Å². The van der Waals surface area contributed by atoms with E-state index in [0.29, 0.717) is 18.9 Å². The summed E-state index contributed by atoms with van der Waals surface area (Å²) in [6.07, 6.45) is 2.75. The Hall–Kier alpha value is -1.22. The van der Waals surface area contributed by atoms with E-state index in [1.807, 2.05) is 6.07 Å². The molecule has 0 radical (unpaired) electrons. The molecule has 92 valence electrons. The fourth-order valence-corrected chi connectivity index (χ4v) is 2.41. The smallest absolute Gasteiger partial charge is 0.231 e. The Morgan fingerprint density at radius 3 is 2.71 bits per heavy atom. The van der Waals surface area contributed by atoms with Crippen molar-refractivity contribution < 1.29 is 9.47 Å². The van der Waals surface area contributed by atoms with E-state index >= 15 is 0 Å². The average molecular weight is 233 g/mol. The summed E-state index contributed by atoms with van der Waals surface area (Å²) in [5.74, 6) is 2.61. The second-order valence-electron chi connectivity index (χ2n) is 5.13.